The third-order valence-electron chi connectivity index (χ3n) is 9.91. The van der Waals surface area contributed by atoms with Crippen molar-refractivity contribution < 1.29 is 27.2 Å². The second kappa shape index (κ2) is 10.0. The fourth-order valence-corrected chi connectivity index (χ4v) is 7.86. The van der Waals surface area contributed by atoms with Crippen molar-refractivity contribution >= 4 is 11.8 Å². The molecule has 1 spiro atoms. The molecule has 2 amide bonds. The van der Waals surface area contributed by atoms with Gasteiger partial charge in [-0.1, -0.05) is 6.92 Å². The summed E-state index contributed by atoms with van der Waals surface area (Å²) in [5.74, 6) is -0.110. The summed E-state index contributed by atoms with van der Waals surface area (Å²) in [7, 11) is 0. The zero-order valence-electron chi connectivity index (χ0n) is 21.2. The van der Waals surface area contributed by atoms with Crippen LogP contribution < -0.4 is 10.6 Å². The Morgan fingerprint density at radius 3 is 2.56 bits per heavy atom. The van der Waals surface area contributed by atoms with Gasteiger partial charge >= 0.3 is 6.18 Å². The normalized spacial score (nSPS) is 39.4. The van der Waals surface area contributed by atoms with Crippen LogP contribution in [0.5, 0.6) is 0 Å². The molecule has 0 aromatic heterocycles. The Labute approximate surface area is 210 Å². The molecule has 3 saturated heterocycles. The third kappa shape index (κ3) is 5.26. The summed E-state index contributed by atoms with van der Waals surface area (Å²) in [4.78, 5) is 28.8. The van der Waals surface area contributed by atoms with E-state index in [4.69, 9.17) is 0 Å². The topological polar surface area (TPSA) is 64.7 Å². The van der Waals surface area contributed by atoms with Gasteiger partial charge in [0, 0.05) is 49.1 Å². The maximum Gasteiger partial charge on any atom is 0.406 e. The number of alkyl halides is 4. The molecule has 6 nitrogen and oxygen atoms in total. The number of carbonyl (C=O) groups is 2. The average Bonchev–Trinajstić information content (AvgIpc) is 3.41. The highest BCUT2D eigenvalue weighted by Gasteiger charge is 2.51. The SMILES string of the molecule is CC1CCC(F)C2CC(C(=O)N[C@@H]3CCC[C@H](N4CCC5(CCC(=O)N5CC(F)(F)F)CC4)C3)NC12. The van der Waals surface area contributed by atoms with Crippen molar-refractivity contribution in [1.29, 1.82) is 0 Å². The number of likely N-dealkylation sites (tertiary alicyclic amines) is 2. The lowest BCUT2D eigenvalue weighted by atomic mass is 9.77. The number of piperidine rings is 1. The molecule has 0 bridgehead atoms. The van der Waals surface area contributed by atoms with Crippen LogP contribution in [-0.2, 0) is 9.59 Å². The Balaban J connectivity index is 1.13. The molecule has 2 N–H and O–H groups in total. The van der Waals surface area contributed by atoms with Crippen LogP contribution in [0.3, 0.4) is 0 Å². The summed E-state index contributed by atoms with van der Waals surface area (Å²) < 4.78 is 53.8. The van der Waals surface area contributed by atoms with Gasteiger partial charge in [-0.05, 0) is 70.1 Å². The number of nitrogens with one attached hydrogen (secondary N) is 2. The molecule has 3 aliphatic heterocycles. The van der Waals surface area contributed by atoms with Gasteiger partial charge in [-0.25, -0.2) is 4.39 Å². The van der Waals surface area contributed by atoms with E-state index in [1.165, 1.54) is 0 Å². The minimum absolute atomic E-state index is 0.0284. The van der Waals surface area contributed by atoms with Crippen LogP contribution in [0.2, 0.25) is 0 Å². The van der Waals surface area contributed by atoms with E-state index in [1.54, 1.807) is 0 Å². The van der Waals surface area contributed by atoms with E-state index in [9.17, 15) is 27.2 Å². The predicted octanol–water partition coefficient (Wildman–Crippen LogP) is 3.55. The summed E-state index contributed by atoms with van der Waals surface area (Å²) in [6.07, 6.45) is 2.37. The molecule has 0 radical (unpaired) electrons. The van der Waals surface area contributed by atoms with E-state index in [0.717, 1.165) is 37.0 Å². The Morgan fingerprint density at radius 2 is 1.86 bits per heavy atom. The van der Waals surface area contributed by atoms with Gasteiger partial charge in [-0.3, -0.25) is 9.59 Å². The maximum atomic E-state index is 14.4. The summed E-state index contributed by atoms with van der Waals surface area (Å²) >= 11 is 0. The Hall–Kier alpha value is -1.42. The molecule has 36 heavy (non-hydrogen) atoms. The number of hydrogen-bond donors (Lipinski definition) is 2. The van der Waals surface area contributed by atoms with E-state index in [1.807, 2.05) is 0 Å². The van der Waals surface area contributed by atoms with E-state index < -0.39 is 24.4 Å². The summed E-state index contributed by atoms with van der Waals surface area (Å²) in [6, 6.07) is 0.0751. The van der Waals surface area contributed by atoms with Crippen LogP contribution in [-0.4, -0.2) is 83.3 Å². The monoisotopic (exact) mass is 516 g/mol. The maximum absolute atomic E-state index is 14.4. The molecule has 5 fully saturated rings. The predicted molar refractivity (Wildman–Crippen MR) is 127 cm³/mol. The first-order valence-corrected chi connectivity index (χ1v) is 13.9. The fraction of sp³-hybridized carbons (Fsp3) is 0.923. The van der Waals surface area contributed by atoms with Gasteiger partial charge in [0.2, 0.25) is 11.8 Å². The molecule has 3 heterocycles. The van der Waals surface area contributed by atoms with E-state index >= 15 is 0 Å². The molecular weight excluding hydrogens is 476 g/mol. The van der Waals surface area contributed by atoms with Crippen molar-refractivity contribution in [3.05, 3.63) is 0 Å². The van der Waals surface area contributed by atoms with Crippen LogP contribution in [0.1, 0.15) is 77.6 Å². The lowest BCUT2D eigenvalue weighted by Crippen LogP contribution is -2.58. The van der Waals surface area contributed by atoms with Gasteiger partial charge in [-0.2, -0.15) is 13.2 Å². The van der Waals surface area contributed by atoms with Crippen LogP contribution in [0.25, 0.3) is 0 Å². The highest BCUT2D eigenvalue weighted by atomic mass is 19.4. The molecular formula is C26H40F4N4O2. The lowest BCUT2D eigenvalue weighted by molar-refractivity contribution is -0.170. The second-order valence-electron chi connectivity index (χ2n) is 12.1. The van der Waals surface area contributed by atoms with Crippen LogP contribution in [0.15, 0.2) is 0 Å². The van der Waals surface area contributed by atoms with Crippen LogP contribution in [0, 0.1) is 11.8 Å². The highest BCUT2D eigenvalue weighted by Crippen LogP contribution is 2.42. The van der Waals surface area contributed by atoms with Gasteiger partial charge in [0.05, 0.1) is 6.04 Å². The Bertz CT molecular complexity index is 813. The number of hydrogen-bond acceptors (Lipinski definition) is 4. The van der Waals surface area contributed by atoms with Crippen molar-refractivity contribution in [3.63, 3.8) is 0 Å². The largest absolute Gasteiger partial charge is 0.406 e. The van der Waals surface area contributed by atoms with E-state index in [2.05, 4.69) is 22.5 Å². The fourth-order valence-electron chi connectivity index (χ4n) is 7.86. The molecule has 5 unspecified atom stereocenters. The van der Waals surface area contributed by atoms with Gasteiger partial charge in [0.15, 0.2) is 0 Å². The molecule has 0 aromatic rings. The minimum atomic E-state index is -4.38. The molecule has 5 rings (SSSR count). The molecule has 7 atom stereocenters. The standard InChI is InChI=1S/C26H40F4N4O2/c1-16-5-6-20(27)19-14-21(32-23(16)19)24(36)31-17-3-2-4-18(13-17)33-11-9-25(10-12-33)8-7-22(35)34(25)15-26(28,29)30/h16-21,23,32H,2-15H2,1H3,(H,31,36)/t16?,17-,18+,19?,20?,21?,23?/m1/s1. The highest BCUT2D eigenvalue weighted by molar-refractivity contribution is 5.82. The minimum Gasteiger partial charge on any atom is -0.352 e. The summed E-state index contributed by atoms with van der Waals surface area (Å²) in [6.45, 7) is 2.34. The molecule has 5 aliphatic rings. The number of carbonyl (C=O) groups excluding carboxylic acids is 2. The molecule has 10 heteroatoms. The van der Waals surface area contributed by atoms with Gasteiger partial charge in [-0.15, -0.1) is 0 Å². The first kappa shape index (κ1) is 26.2. The van der Waals surface area contributed by atoms with Gasteiger partial charge < -0.3 is 20.4 Å². The van der Waals surface area contributed by atoms with Crippen molar-refractivity contribution in [3.8, 4) is 0 Å². The van der Waals surface area contributed by atoms with Crippen molar-refractivity contribution in [1.82, 2.24) is 20.4 Å². The second-order valence-corrected chi connectivity index (χ2v) is 12.1. The number of amides is 2. The zero-order valence-corrected chi connectivity index (χ0v) is 21.2. The van der Waals surface area contributed by atoms with Crippen molar-refractivity contribution in [2.75, 3.05) is 19.6 Å². The first-order valence-electron chi connectivity index (χ1n) is 13.9. The van der Waals surface area contributed by atoms with Crippen LogP contribution >= 0.6 is 0 Å². The van der Waals surface area contributed by atoms with Gasteiger partial charge in [0.25, 0.3) is 0 Å². The van der Waals surface area contributed by atoms with Gasteiger partial charge in [0.1, 0.15) is 12.7 Å². The molecule has 204 valence electrons. The number of rotatable bonds is 4. The molecule has 0 aromatic carbocycles. The smallest absolute Gasteiger partial charge is 0.352 e. The summed E-state index contributed by atoms with van der Waals surface area (Å²) in [5, 5.41) is 6.64. The van der Waals surface area contributed by atoms with Crippen LogP contribution in [0.4, 0.5) is 17.6 Å². The van der Waals surface area contributed by atoms with Crippen molar-refractivity contribution in [2.45, 2.75) is 120 Å². The quantitative estimate of drug-likeness (QED) is 0.561. The number of fused-ring (bicyclic) bond motifs is 1. The Morgan fingerprint density at radius 1 is 1.11 bits per heavy atom. The Kier molecular flexibility index (Phi) is 7.31. The summed E-state index contributed by atoms with van der Waals surface area (Å²) in [5.41, 5.74) is -0.665. The van der Waals surface area contributed by atoms with E-state index in [0.29, 0.717) is 51.1 Å². The molecule has 2 saturated carbocycles. The third-order valence-corrected chi connectivity index (χ3v) is 9.91. The first-order chi connectivity index (χ1) is 17.0. The molecule has 2 aliphatic carbocycles. The number of nitrogens with zero attached hydrogens (tertiary/aromatic N) is 2. The van der Waals surface area contributed by atoms with E-state index in [-0.39, 0.29) is 48.3 Å². The number of halogens is 4. The zero-order chi connectivity index (χ0) is 25.7. The lowest BCUT2D eigenvalue weighted by Gasteiger charge is -2.48. The average molecular weight is 517 g/mol. The van der Waals surface area contributed by atoms with Crippen molar-refractivity contribution in [2.24, 2.45) is 11.8 Å².